The van der Waals surface area contributed by atoms with Crippen molar-refractivity contribution in [1.82, 2.24) is 0 Å². The van der Waals surface area contributed by atoms with Crippen LogP contribution >= 0.6 is 0 Å². The highest BCUT2D eigenvalue weighted by Gasteiger charge is 2.10. The van der Waals surface area contributed by atoms with Crippen LogP contribution in [0.3, 0.4) is 0 Å². The van der Waals surface area contributed by atoms with E-state index in [1.807, 2.05) is 0 Å². The van der Waals surface area contributed by atoms with E-state index in [0.29, 0.717) is 0 Å². The van der Waals surface area contributed by atoms with Crippen LogP contribution in [0.25, 0.3) is 0 Å². The molecule has 1 unspecified atom stereocenters. The van der Waals surface area contributed by atoms with Crippen molar-refractivity contribution in [1.29, 1.82) is 0 Å². The van der Waals surface area contributed by atoms with E-state index in [-0.39, 0.29) is 0 Å². The van der Waals surface area contributed by atoms with E-state index in [9.17, 15) is 0 Å². The number of unbranched alkanes of at least 4 members (excludes halogenated alkanes) is 2. The van der Waals surface area contributed by atoms with E-state index >= 15 is 0 Å². The highest BCUT2D eigenvalue weighted by atomic mass is 14.2. The predicted molar refractivity (Wildman–Crippen MR) is 75.8 cm³/mol. The Kier molecular flexibility index (Phi) is 11.5. The molecule has 0 amide bonds. The molecule has 0 radical (unpaired) electrons. The molecule has 0 spiro atoms. The van der Waals surface area contributed by atoms with Gasteiger partial charge in [-0.15, -0.1) is 0 Å². The van der Waals surface area contributed by atoms with Gasteiger partial charge in [-0.25, -0.2) is 0 Å². The molecule has 0 fully saturated rings. The molecule has 0 N–H and O–H groups in total. The normalized spacial score (nSPS) is 13.3. The molecule has 0 aromatic rings. The van der Waals surface area contributed by atoms with Crippen LogP contribution in [0.5, 0.6) is 0 Å². The number of hydrogen-bond donors (Lipinski definition) is 0. The van der Waals surface area contributed by atoms with Gasteiger partial charge in [0, 0.05) is 0 Å². The first-order valence-electron chi connectivity index (χ1n) is 7.74. The van der Waals surface area contributed by atoms with Crippen LogP contribution in [0.2, 0.25) is 0 Å². The van der Waals surface area contributed by atoms with Gasteiger partial charge in [0.05, 0.1) is 0 Å². The summed E-state index contributed by atoms with van der Waals surface area (Å²) in [5, 5.41) is 0. The minimum atomic E-state index is 0.954. The fourth-order valence-corrected chi connectivity index (χ4v) is 2.58. The monoisotopic (exact) mass is 226 g/mol. The van der Waals surface area contributed by atoms with Gasteiger partial charge < -0.3 is 0 Å². The molecule has 98 valence electrons. The van der Waals surface area contributed by atoms with E-state index in [4.69, 9.17) is 0 Å². The maximum Gasteiger partial charge on any atom is -0.0414 e. The second kappa shape index (κ2) is 11.5. The van der Waals surface area contributed by atoms with Crippen molar-refractivity contribution in [3.05, 3.63) is 0 Å². The minimum absolute atomic E-state index is 0.954. The summed E-state index contributed by atoms with van der Waals surface area (Å²) in [5.74, 6) is 1.98. The predicted octanol–water partition coefficient (Wildman–Crippen LogP) is 6.20. The summed E-state index contributed by atoms with van der Waals surface area (Å²) in [7, 11) is 0. The SMILES string of the molecule is CCCCC(CCCC)CCC(C)CCC. The fourth-order valence-electron chi connectivity index (χ4n) is 2.58. The third-order valence-electron chi connectivity index (χ3n) is 3.78. The molecule has 0 aliphatic rings. The van der Waals surface area contributed by atoms with Crippen LogP contribution in [0.15, 0.2) is 0 Å². The van der Waals surface area contributed by atoms with Gasteiger partial charge in [-0.3, -0.25) is 0 Å². The molecule has 0 aromatic heterocycles. The Hall–Kier alpha value is 0. The van der Waals surface area contributed by atoms with Gasteiger partial charge in [0.25, 0.3) is 0 Å². The molecule has 16 heavy (non-hydrogen) atoms. The van der Waals surface area contributed by atoms with Crippen LogP contribution in [0, 0.1) is 11.8 Å². The average Bonchev–Trinajstić information content (AvgIpc) is 2.28. The maximum atomic E-state index is 2.43. The summed E-state index contributed by atoms with van der Waals surface area (Å²) in [6, 6.07) is 0. The molecule has 0 bridgehead atoms. The Morgan fingerprint density at radius 2 is 1.19 bits per heavy atom. The lowest BCUT2D eigenvalue weighted by Crippen LogP contribution is -2.04. The molecule has 1 atom stereocenters. The van der Waals surface area contributed by atoms with Crippen LogP contribution in [-0.2, 0) is 0 Å². The van der Waals surface area contributed by atoms with Gasteiger partial charge in [-0.05, 0) is 11.8 Å². The second-order valence-corrected chi connectivity index (χ2v) is 5.62. The molecule has 0 rings (SSSR count). The van der Waals surface area contributed by atoms with E-state index in [2.05, 4.69) is 27.7 Å². The molecule has 0 saturated carbocycles. The molecule has 0 aliphatic heterocycles. The molecule has 0 nitrogen and oxygen atoms in total. The number of rotatable bonds is 11. The number of hydrogen-bond acceptors (Lipinski definition) is 0. The average molecular weight is 226 g/mol. The van der Waals surface area contributed by atoms with Gasteiger partial charge in [-0.1, -0.05) is 91.9 Å². The first-order chi connectivity index (χ1) is 7.74. The Morgan fingerprint density at radius 1 is 0.625 bits per heavy atom. The van der Waals surface area contributed by atoms with E-state index in [0.717, 1.165) is 11.8 Å². The standard InChI is InChI=1S/C16H34/c1-5-8-11-16(12-9-6-2)14-13-15(4)10-7-3/h15-16H,5-14H2,1-4H3. The molecular formula is C16H34. The maximum absolute atomic E-state index is 2.43. The van der Waals surface area contributed by atoms with Crippen molar-refractivity contribution < 1.29 is 0 Å². The second-order valence-electron chi connectivity index (χ2n) is 5.62. The van der Waals surface area contributed by atoms with Crippen LogP contribution in [-0.4, -0.2) is 0 Å². The van der Waals surface area contributed by atoms with Crippen LogP contribution in [0.1, 0.15) is 91.9 Å². The first kappa shape index (κ1) is 16.0. The third kappa shape index (κ3) is 9.24. The zero-order valence-electron chi connectivity index (χ0n) is 12.2. The van der Waals surface area contributed by atoms with Gasteiger partial charge in [-0.2, -0.15) is 0 Å². The lowest BCUT2D eigenvalue weighted by Gasteiger charge is -2.18. The van der Waals surface area contributed by atoms with Crippen molar-refractivity contribution >= 4 is 0 Å². The highest BCUT2D eigenvalue weighted by Crippen LogP contribution is 2.24. The van der Waals surface area contributed by atoms with Crippen LogP contribution < -0.4 is 0 Å². The highest BCUT2D eigenvalue weighted by molar-refractivity contribution is 4.63. The summed E-state index contributed by atoms with van der Waals surface area (Å²) in [4.78, 5) is 0. The fraction of sp³-hybridized carbons (Fsp3) is 1.00. The summed E-state index contributed by atoms with van der Waals surface area (Å²) < 4.78 is 0. The van der Waals surface area contributed by atoms with Crippen molar-refractivity contribution in [3.8, 4) is 0 Å². The van der Waals surface area contributed by atoms with E-state index in [1.54, 1.807) is 0 Å². The van der Waals surface area contributed by atoms with E-state index in [1.165, 1.54) is 64.2 Å². The lowest BCUT2D eigenvalue weighted by molar-refractivity contribution is 0.345. The zero-order valence-corrected chi connectivity index (χ0v) is 12.2. The molecule has 0 heteroatoms. The Labute approximate surface area is 104 Å². The molecule has 0 heterocycles. The van der Waals surface area contributed by atoms with Crippen molar-refractivity contribution in [2.24, 2.45) is 11.8 Å². The van der Waals surface area contributed by atoms with Gasteiger partial charge in [0.1, 0.15) is 0 Å². The Morgan fingerprint density at radius 3 is 1.62 bits per heavy atom. The summed E-state index contributed by atoms with van der Waals surface area (Å²) in [6.45, 7) is 9.37. The molecule has 0 saturated heterocycles. The van der Waals surface area contributed by atoms with Gasteiger partial charge >= 0.3 is 0 Å². The van der Waals surface area contributed by atoms with Crippen LogP contribution in [0.4, 0.5) is 0 Å². The summed E-state index contributed by atoms with van der Waals surface area (Å²) in [6.07, 6.45) is 14.3. The molecule has 0 aliphatic carbocycles. The zero-order chi connectivity index (χ0) is 12.2. The topological polar surface area (TPSA) is 0 Å². The lowest BCUT2D eigenvalue weighted by atomic mass is 9.88. The molecular weight excluding hydrogens is 192 g/mol. The van der Waals surface area contributed by atoms with Crippen molar-refractivity contribution in [2.75, 3.05) is 0 Å². The minimum Gasteiger partial charge on any atom is -0.0654 e. The quantitative estimate of drug-likeness (QED) is 0.393. The van der Waals surface area contributed by atoms with Gasteiger partial charge in [0.15, 0.2) is 0 Å². The summed E-state index contributed by atoms with van der Waals surface area (Å²) in [5.41, 5.74) is 0. The Balaban J connectivity index is 3.71. The van der Waals surface area contributed by atoms with E-state index < -0.39 is 0 Å². The first-order valence-corrected chi connectivity index (χ1v) is 7.74. The summed E-state index contributed by atoms with van der Waals surface area (Å²) >= 11 is 0. The largest absolute Gasteiger partial charge is 0.0654 e. The Bertz CT molecular complexity index is 120. The van der Waals surface area contributed by atoms with Crippen molar-refractivity contribution in [2.45, 2.75) is 91.9 Å². The van der Waals surface area contributed by atoms with Gasteiger partial charge in [0.2, 0.25) is 0 Å². The molecule has 0 aromatic carbocycles. The third-order valence-corrected chi connectivity index (χ3v) is 3.78. The van der Waals surface area contributed by atoms with Crippen molar-refractivity contribution in [3.63, 3.8) is 0 Å². The smallest absolute Gasteiger partial charge is 0.0414 e.